The van der Waals surface area contributed by atoms with E-state index < -0.39 is 83.2 Å². The number of rotatable bonds is 7. The minimum absolute atomic E-state index is 0.0682. The lowest BCUT2D eigenvalue weighted by atomic mass is 9.73. The van der Waals surface area contributed by atoms with Crippen LogP contribution in [0.1, 0.15) is 87.1 Å². The fraction of sp³-hybridized carbons (Fsp3) is 0.714. The maximum Gasteiger partial charge on any atom is 0.316 e. The van der Waals surface area contributed by atoms with Crippen molar-refractivity contribution in [2.24, 2.45) is 33.8 Å². The van der Waals surface area contributed by atoms with Gasteiger partial charge in [0.1, 0.15) is 41.6 Å². The summed E-state index contributed by atoms with van der Waals surface area (Å²) >= 11 is 0. The van der Waals surface area contributed by atoms with Gasteiger partial charge in [0.15, 0.2) is 24.0 Å². The van der Waals surface area contributed by atoms with Gasteiger partial charge in [0.25, 0.3) is 0 Å². The molecule has 16 nitrogen and oxygen atoms in total. The number of esters is 1. The quantitative estimate of drug-likeness (QED) is 0.228. The number of amides is 1. The van der Waals surface area contributed by atoms with Gasteiger partial charge in [-0.25, -0.2) is 9.98 Å². The van der Waals surface area contributed by atoms with E-state index in [4.69, 9.17) is 32.9 Å². The Morgan fingerprint density at radius 2 is 1.81 bits per heavy atom. The van der Waals surface area contributed by atoms with Crippen LogP contribution in [-0.2, 0) is 49.5 Å². The molecule has 0 aliphatic carbocycles. The van der Waals surface area contributed by atoms with Gasteiger partial charge in [-0.2, -0.15) is 0 Å². The van der Waals surface area contributed by atoms with Gasteiger partial charge in [0, 0.05) is 30.5 Å². The van der Waals surface area contributed by atoms with E-state index in [0.29, 0.717) is 28.9 Å². The first kappa shape index (κ1) is 45.4. The number of carbonyl (C=O) groups excluding carboxylic acids is 3. The number of cyclic esters (lactones) is 1. The van der Waals surface area contributed by atoms with Crippen molar-refractivity contribution in [3.63, 3.8) is 0 Å². The molecule has 58 heavy (non-hydrogen) atoms. The molecule has 16 heteroatoms. The molecule has 1 aromatic carbocycles. The standard InChI is InChI=1S/C42H62N4O12/c1-12-33-42(9,51)38-24(4)34(44-27(7)47)22(2)17-41(8,54-20-29(19-52-38)45-55-18-28-13-14-32-30(16-28)43-21-53-32)37(25(5)35(48)26(6)39(50)57-33)58-40-36(49)31(46(10)11)15-23(3)56-40/h13-14,16,21-26,31,33,36-38,40,49,51H,12,15,17-20H2,1-11H3/b44-34?,45-29+/t22-,23-,24+,25+,26-,31+,33-,36-,37-,38+,40+,41-,42-/m1/s1. The number of likely N-dealkylation sites (N-methyl/N-ethyl adjacent to an activating group) is 1. The Labute approximate surface area is 340 Å². The van der Waals surface area contributed by atoms with Gasteiger partial charge in [-0.3, -0.25) is 14.4 Å². The number of benzene rings is 1. The number of Topliss-reactive ketones (excluding diaryl/α,β-unsaturated/α-hetero) is 1. The molecule has 0 unspecified atom stereocenters. The number of aliphatic hydroxyl groups is 2. The smallest absolute Gasteiger partial charge is 0.316 e. The predicted octanol–water partition coefficient (Wildman–Crippen LogP) is 4.26. The van der Waals surface area contributed by atoms with Crippen LogP contribution >= 0.6 is 0 Å². The molecule has 2 N–H and O–H groups in total. The number of hydrogen-bond donors (Lipinski definition) is 2. The number of fused-ring (bicyclic) bond motifs is 6. The Bertz CT molecular complexity index is 1830. The van der Waals surface area contributed by atoms with E-state index in [-0.39, 0.29) is 44.8 Å². The fourth-order valence-corrected chi connectivity index (χ4v) is 8.80. The molecule has 322 valence electrons. The number of ether oxygens (including phenoxy) is 5. The van der Waals surface area contributed by atoms with Crippen LogP contribution in [0.3, 0.4) is 0 Å². The lowest BCUT2D eigenvalue weighted by Gasteiger charge is -2.47. The number of aliphatic hydroxyl groups excluding tert-OH is 1. The summed E-state index contributed by atoms with van der Waals surface area (Å²) in [6, 6.07) is 5.12. The van der Waals surface area contributed by atoms with Crippen molar-refractivity contribution in [2.75, 3.05) is 27.3 Å². The largest absolute Gasteiger partial charge is 0.459 e. The molecule has 2 aromatic rings. The molecule has 13 atom stereocenters. The number of carbonyl (C=O) groups is 3. The highest BCUT2D eigenvalue weighted by molar-refractivity contribution is 6.00. The molecule has 0 saturated carbocycles. The Hall–Kier alpha value is -3.64. The van der Waals surface area contributed by atoms with Crippen LogP contribution in [0.4, 0.5) is 0 Å². The van der Waals surface area contributed by atoms with E-state index in [1.54, 1.807) is 33.8 Å². The van der Waals surface area contributed by atoms with Crippen molar-refractivity contribution in [2.45, 2.75) is 142 Å². The van der Waals surface area contributed by atoms with E-state index in [1.807, 2.05) is 45.0 Å². The number of ketones is 1. The molecule has 3 saturated heterocycles. The van der Waals surface area contributed by atoms with Gasteiger partial charge >= 0.3 is 5.97 Å². The van der Waals surface area contributed by atoms with Gasteiger partial charge in [0.2, 0.25) is 5.91 Å². The second kappa shape index (κ2) is 18.7. The zero-order valence-electron chi connectivity index (χ0n) is 35.7. The first-order chi connectivity index (χ1) is 27.3. The molecule has 0 spiro atoms. The third-order valence-corrected chi connectivity index (χ3v) is 11.9. The molecule has 1 aromatic heterocycles. The van der Waals surface area contributed by atoms with Crippen LogP contribution in [0.25, 0.3) is 11.1 Å². The van der Waals surface area contributed by atoms with Gasteiger partial charge in [0.05, 0.1) is 37.1 Å². The van der Waals surface area contributed by atoms with E-state index in [0.717, 1.165) is 5.56 Å². The van der Waals surface area contributed by atoms with Crippen LogP contribution in [0.5, 0.6) is 0 Å². The zero-order valence-corrected chi connectivity index (χ0v) is 35.7. The van der Waals surface area contributed by atoms with E-state index >= 15 is 0 Å². The summed E-state index contributed by atoms with van der Waals surface area (Å²) < 4.78 is 37.8. The monoisotopic (exact) mass is 814 g/mol. The summed E-state index contributed by atoms with van der Waals surface area (Å²) in [6.45, 7) is 14.8. The number of oxime groups is 1. The number of hydrogen-bond acceptors (Lipinski definition) is 15. The molecule has 2 bridgehead atoms. The van der Waals surface area contributed by atoms with Gasteiger partial charge in [-0.1, -0.05) is 38.9 Å². The van der Waals surface area contributed by atoms with Gasteiger partial charge in [-0.15, -0.1) is 0 Å². The Morgan fingerprint density at radius 3 is 2.48 bits per heavy atom. The highest BCUT2D eigenvalue weighted by Crippen LogP contribution is 2.40. The second-order valence-electron chi connectivity index (χ2n) is 17.0. The summed E-state index contributed by atoms with van der Waals surface area (Å²) in [4.78, 5) is 57.6. The summed E-state index contributed by atoms with van der Waals surface area (Å²) in [5, 5.41) is 28.5. The highest BCUT2D eigenvalue weighted by atomic mass is 16.7. The Morgan fingerprint density at radius 1 is 1.09 bits per heavy atom. The molecule has 1 amide bonds. The number of aliphatic imine (C=N–C) groups is 1. The van der Waals surface area contributed by atoms with Crippen molar-refractivity contribution in [3.05, 3.63) is 30.2 Å². The SMILES string of the molecule is CC[C@H]1OC(=O)[C@H](C)C(=O)[C@H](C)[C@@H](O[C@@H]2O[C@H](C)C[C@H](N(C)C)[C@H]2O)[C@@]2(C)C[C@@H](C)C(=NC(C)=O)[C@H](C)[C@H](OC/C(=N\OCc3ccc4ocnc4c3)CO2)[C@]1(C)O. The lowest BCUT2D eigenvalue weighted by molar-refractivity contribution is -0.296. The summed E-state index contributed by atoms with van der Waals surface area (Å²) in [6.07, 6.45) is -3.75. The topological polar surface area (TPSA) is 201 Å². The number of nitrogens with zero attached hydrogens (tertiary/aromatic N) is 4. The highest BCUT2D eigenvalue weighted by Gasteiger charge is 2.53. The third-order valence-electron chi connectivity index (χ3n) is 11.9. The maximum absolute atomic E-state index is 14.5. The Kier molecular flexibility index (Phi) is 14.7. The molecule has 0 radical (unpaired) electrons. The number of oxazole rings is 1. The summed E-state index contributed by atoms with van der Waals surface area (Å²) in [5.41, 5.74) is -0.478. The van der Waals surface area contributed by atoms with Crippen LogP contribution < -0.4 is 0 Å². The predicted molar refractivity (Wildman–Crippen MR) is 213 cm³/mol. The van der Waals surface area contributed by atoms with Crippen molar-refractivity contribution in [1.82, 2.24) is 9.88 Å². The van der Waals surface area contributed by atoms with E-state index in [9.17, 15) is 24.6 Å². The van der Waals surface area contributed by atoms with Crippen LogP contribution in [0.2, 0.25) is 0 Å². The first-order valence-corrected chi connectivity index (χ1v) is 20.2. The molecule has 4 heterocycles. The average Bonchev–Trinajstić information content (AvgIpc) is 3.63. The molecule has 3 fully saturated rings. The minimum Gasteiger partial charge on any atom is -0.459 e. The third kappa shape index (κ3) is 10.0. The lowest BCUT2D eigenvalue weighted by Crippen LogP contribution is -2.60. The molecule has 3 aliphatic rings. The summed E-state index contributed by atoms with van der Waals surface area (Å²) in [5.74, 6) is -5.32. The number of aromatic nitrogens is 1. The molecular formula is C42H62N4O12. The van der Waals surface area contributed by atoms with Gasteiger partial charge < -0.3 is 48.1 Å². The zero-order chi connectivity index (χ0) is 42.7. The molecular weight excluding hydrogens is 752 g/mol. The van der Waals surface area contributed by atoms with E-state index in [2.05, 4.69) is 15.1 Å². The van der Waals surface area contributed by atoms with Gasteiger partial charge in [-0.05, 0) is 84.7 Å². The fourth-order valence-electron chi connectivity index (χ4n) is 8.80. The second-order valence-corrected chi connectivity index (χ2v) is 17.0. The average molecular weight is 815 g/mol. The minimum atomic E-state index is -1.85. The van der Waals surface area contributed by atoms with Crippen LogP contribution in [-0.4, -0.2) is 131 Å². The maximum atomic E-state index is 14.5. The van der Waals surface area contributed by atoms with Crippen molar-refractivity contribution in [1.29, 1.82) is 0 Å². The van der Waals surface area contributed by atoms with E-state index in [1.165, 1.54) is 27.2 Å². The van der Waals surface area contributed by atoms with Crippen molar-refractivity contribution < 1.29 is 57.5 Å². The normalized spacial score (nSPS) is 38.6. The molecule has 3 aliphatic heterocycles. The van der Waals surface area contributed by atoms with Crippen molar-refractivity contribution in [3.8, 4) is 0 Å². The van der Waals surface area contributed by atoms with Crippen molar-refractivity contribution >= 4 is 40.2 Å². The summed E-state index contributed by atoms with van der Waals surface area (Å²) in [7, 11) is 3.73. The molecule has 5 rings (SSSR count). The van der Waals surface area contributed by atoms with Crippen LogP contribution in [0.15, 0.2) is 39.2 Å². The van der Waals surface area contributed by atoms with Crippen LogP contribution in [0, 0.1) is 23.7 Å². The Balaban J connectivity index is 1.66. The first-order valence-electron chi connectivity index (χ1n) is 20.2.